The van der Waals surface area contributed by atoms with Gasteiger partial charge in [0.1, 0.15) is 11.7 Å². The number of amides is 1. The number of carbonyl (C=O) groups is 1. The molecule has 0 aliphatic rings. The highest BCUT2D eigenvalue weighted by Gasteiger charge is 2.15. The Bertz CT molecular complexity index is 567. The van der Waals surface area contributed by atoms with Crippen LogP contribution in [-0.2, 0) is 14.8 Å². The van der Waals surface area contributed by atoms with Gasteiger partial charge in [0, 0.05) is 6.20 Å². The lowest BCUT2D eigenvalue weighted by molar-refractivity contribution is 0.158. The van der Waals surface area contributed by atoms with Crippen LogP contribution in [0.25, 0.3) is 0 Å². The first kappa shape index (κ1) is 16.0. The fourth-order valence-corrected chi connectivity index (χ4v) is 2.52. The second kappa shape index (κ2) is 6.92. The molecule has 2 N–H and O–H groups in total. The van der Waals surface area contributed by atoms with Crippen LogP contribution in [0.15, 0.2) is 16.7 Å². The molecule has 0 fully saturated rings. The van der Waals surface area contributed by atoms with E-state index in [1.807, 2.05) is 0 Å². The van der Waals surface area contributed by atoms with Crippen molar-refractivity contribution in [3.8, 4) is 0 Å². The molecule has 0 aromatic carbocycles. The van der Waals surface area contributed by atoms with Crippen molar-refractivity contribution >= 4 is 49.5 Å². The summed E-state index contributed by atoms with van der Waals surface area (Å²) in [6.45, 7) is 1.65. The molecule has 1 amide bonds. The molecule has 0 atom stereocenters. The van der Waals surface area contributed by atoms with Gasteiger partial charge in [-0.2, -0.15) is 0 Å². The van der Waals surface area contributed by atoms with Crippen LogP contribution >= 0.6 is 27.5 Å². The fraction of sp³-hybridized carbons (Fsp3) is 0.333. The first-order chi connectivity index (χ1) is 8.84. The number of hydrogen-bond donors (Lipinski definition) is 2. The molecule has 0 bridgehead atoms. The zero-order chi connectivity index (χ0) is 14.5. The lowest BCUT2D eigenvalue weighted by Crippen LogP contribution is -2.35. The average Bonchev–Trinajstić information content (AvgIpc) is 2.27. The number of anilines is 1. The Balaban J connectivity index is 2.62. The predicted molar refractivity (Wildman–Crippen MR) is 74.5 cm³/mol. The van der Waals surface area contributed by atoms with Gasteiger partial charge in [-0.05, 0) is 28.9 Å². The third-order valence-corrected chi connectivity index (χ3v) is 3.56. The Morgan fingerprint density at radius 1 is 1.58 bits per heavy atom. The Morgan fingerprint density at radius 3 is 2.84 bits per heavy atom. The molecule has 7 nitrogen and oxygen atoms in total. The molecule has 1 rings (SSSR count). The van der Waals surface area contributed by atoms with Crippen molar-refractivity contribution in [3.63, 3.8) is 0 Å². The molecule has 0 aliphatic carbocycles. The smallest absolute Gasteiger partial charge is 0.420 e. The quantitative estimate of drug-likeness (QED) is 0.820. The summed E-state index contributed by atoms with van der Waals surface area (Å²) in [6.07, 6.45) is 0.340. The first-order valence-corrected chi connectivity index (χ1v) is 7.88. The van der Waals surface area contributed by atoms with Crippen molar-refractivity contribution in [2.75, 3.05) is 17.8 Å². The molecule has 0 saturated carbocycles. The molecule has 19 heavy (non-hydrogen) atoms. The maximum Gasteiger partial charge on any atom is 0.420 e. The molecule has 0 unspecified atom stereocenters. The van der Waals surface area contributed by atoms with Gasteiger partial charge in [0.2, 0.25) is 0 Å². The SMILES string of the molecule is CCOC(=O)NS(=O)(=O)CNc1ncc(Cl)cc1Br. The summed E-state index contributed by atoms with van der Waals surface area (Å²) >= 11 is 8.87. The number of nitrogens with zero attached hydrogens (tertiary/aromatic N) is 1. The molecule has 0 aliphatic heterocycles. The summed E-state index contributed by atoms with van der Waals surface area (Å²) in [4.78, 5) is 14.9. The van der Waals surface area contributed by atoms with Gasteiger partial charge in [-0.15, -0.1) is 0 Å². The molecule has 1 aromatic rings. The summed E-state index contributed by atoms with van der Waals surface area (Å²) in [5, 5.41) is 2.96. The van der Waals surface area contributed by atoms with Gasteiger partial charge in [0.05, 0.1) is 16.1 Å². The highest BCUT2D eigenvalue weighted by atomic mass is 79.9. The maximum atomic E-state index is 11.5. The minimum Gasteiger partial charge on any atom is -0.449 e. The summed E-state index contributed by atoms with van der Waals surface area (Å²) in [5.41, 5.74) is 0. The van der Waals surface area contributed by atoms with Crippen LogP contribution in [0.5, 0.6) is 0 Å². The van der Waals surface area contributed by atoms with E-state index in [-0.39, 0.29) is 6.61 Å². The second-order valence-corrected chi connectivity index (χ2v) is 6.26. The van der Waals surface area contributed by atoms with Crippen molar-refractivity contribution in [1.82, 2.24) is 9.71 Å². The Labute approximate surface area is 123 Å². The summed E-state index contributed by atoms with van der Waals surface area (Å²) in [7, 11) is -3.86. The average molecular weight is 373 g/mol. The van der Waals surface area contributed by atoms with E-state index in [9.17, 15) is 13.2 Å². The van der Waals surface area contributed by atoms with E-state index in [1.165, 1.54) is 6.20 Å². The zero-order valence-corrected chi connectivity index (χ0v) is 13.0. The van der Waals surface area contributed by atoms with Crippen molar-refractivity contribution in [1.29, 1.82) is 0 Å². The van der Waals surface area contributed by atoms with Crippen LogP contribution < -0.4 is 10.0 Å². The number of sulfonamides is 1. The van der Waals surface area contributed by atoms with E-state index in [4.69, 9.17) is 11.6 Å². The first-order valence-electron chi connectivity index (χ1n) is 5.06. The minimum atomic E-state index is -3.86. The summed E-state index contributed by atoms with van der Waals surface area (Å²) < 4.78 is 29.8. The highest BCUT2D eigenvalue weighted by molar-refractivity contribution is 9.10. The van der Waals surface area contributed by atoms with E-state index in [1.54, 1.807) is 17.7 Å². The van der Waals surface area contributed by atoms with Gasteiger partial charge < -0.3 is 10.1 Å². The standard InChI is InChI=1S/C9H11BrClN3O4S/c1-2-18-9(15)14-19(16,17)5-13-8-7(10)3-6(11)4-12-8/h3-4H,2,5H2,1H3,(H,12,13)(H,14,15). The Hall–Kier alpha value is -1.06. The maximum absolute atomic E-state index is 11.5. The number of ether oxygens (including phenoxy) is 1. The predicted octanol–water partition coefficient (Wildman–Crippen LogP) is 1.94. The van der Waals surface area contributed by atoms with Crippen LogP contribution in [0, 0.1) is 0 Å². The largest absolute Gasteiger partial charge is 0.449 e. The van der Waals surface area contributed by atoms with E-state index < -0.39 is 22.0 Å². The molecule has 0 radical (unpaired) electrons. The summed E-state index contributed by atoms with van der Waals surface area (Å²) in [5.74, 6) is -0.238. The van der Waals surface area contributed by atoms with E-state index in [0.717, 1.165) is 0 Å². The van der Waals surface area contributed by atoms with Crippen LogP contribution in [-0.4, -0.2) is 32.0 Å². The van der Waals surface area contributed by atoms with Crippen LogP contribution in [0.1, 0.15) is 6.92 Å². The van der Waals surface area contributed by atoms with Gasteiger partial charge in [0.15, 0.2) is 0 Å². The van der Waals surface area contributed by atoms with Crippen molar-refractivity contribution in [3.05, 3.63) is 21.8 Å². The van der Waals surface area contributed by atoms with Crippen LogP contribution in [0.3, 0.4) is 0 Å². The van der Waals surface area contributed by atoms with Crippen molar-refractivity contribution in [2.24, 2.45) is 0 Å². The van der Waals surface area contributed by atoms with Crippen LogP contribution in [0.2, 0.25) is 5.02 Å². The summed E-state index contributed by atoms with van der Waals surface area (Å²) in [6, 6.07) is 1.56. The lowest BCUT2D eigenvalue weighted by Gasteiger charge is -2.09. The van der Waals surface area contributed by atoms with E-state index in [0.29, 0.717) is 15.3 Å². The molecule has 0 saturated heterocycles. The third kappa shape index (κ3) is 5.62. The van der Waals surface area contributed by atoms with Crippen molar-refractivity contribution in [2.45, 2.75) is 6.92 Å². The highest BCUT2D eigenvalue weighted by Crippen LogP contribution is 2.22. The van der Waals surface area contributed by atoms with E-state index in [2.05, 4.69) is 31.0 Å². The topological polar surface area (TPSA) is 97.4 Å². The molecular formula is C9H11BrClN3O4S. The molecule has 106 valence electrons. The van der Waals surface area contributed by atoms with Gasteiger partial charge >= 0.3 is 6.09 Å². The normalized spacial score (nSPS) is 10.9. The third-order valence-electron chi connectivity index (χ3n) is 1.75. The van der Waals surface area contributed by atoms with Crippen molar-refractivity contribution < 1.29 is 17.9 Å². The molecule has 1 aromatic heterocycles. The van der Waals surface area contributed by atoms with Gasteiger partial charge in [-0.25, -0.2) is 22.9 Å². The second-order valence-electron chi connectivity index (χ2n) is 3.24. The number of aromatic nitrogens is 1. The lowest BCUT2D eigenvalue weighted by atomic mass is 10.5. The monoisotopic (exact) mass is 371 g/mol. The molecule has 10 heteroatoms. The molecule has 1 heterocycles. The fourth-order valence-electron chi connectivity index (χ4n) is 1.03. The van der Waals surface area contributed by atoms with Gasteiger partial charge in [-0.3, -0.25) is 0 Å². The zero-order valence-electron chi connectivity index (χ0n) is 9.81. The number of carbonyl (C=O) groups excluding carboxylic acids is 1. The van der Waals surface area contributed by atoms with Crippen LogP contribution in [0.4, 0.5) is 10.6 Å². The number of halogens is 2. The number of nitrogens with one attached hydrogen (secondary N) is 2. The Kier molecular flexibility index (Phi) is 5.83. The van der Waals surface area contributed by atoms with E-state index >= 15 is 0 Å². The Morgan fingerprint density at radius 2 is 2.26 bits per heavy atom. The van der Waals surface area contributed by atoms with Gasteiger partial charge in [-0.1, -0.05) is 11.6 Å². The van der Waals surface area contributed by atoms with Gasteiger partial charge in [0.25, 0.3) is 10.0 Å². The molecule has 0 spiro atoms. The minimum absolute atomic E-state index is 0.0824. The number of rotatable bonds is 5. The molecular weight excluding hydrogens is 362 g/mol. The number of hydrogen-bond acceptors (Lipinski definition) is 6. The number of pyridine rings is 1.